The lowest BCUT2D eigenvalue weighted by atomic mass is 10.3. The highest BCUT2D eigenvalue weighted by Gasteiger charge is 2.15. The van der Waals surface area contributed by atoms with Crippen LogP contribution in [0.5, 0.6) is 0 Å². The van der Waals surface area contributed by atoms with Crippen molar-refractivity contribution in [1.82, 2.24) is 4.90 Å². The molecule has 1 amide bonds. The van der Waals surface area contributed by atoms with Gasteiger partial charge in [-0.1, -0.05) is 6.92 Å². The Balaban J connectivity index is 2.04. The lowest BCUT2D eigenvalue weighted by molar-refractivity contribution is 0.0752. The van der Waals surface area contributed by atoms with Gasteiger partial charge in [-0.2, -0.15) is 11.3 Å². The van der Waals surface area contributed by atoms with Gasteiger partial charge in [-0.15, -0.1) is 0 Å². The molecule has 0 aliphatic carbocycles. The van der Waals surface area contributed by atoms with Gasteiger partial charge in [-0.25, -0.2) is 0 Å². The van der Waals surface area contributed by atoms with E-state index < -0.39 is 0 Å². The number of nitrogens with zero attached hydrogens (tertiary/aromatic N) is 1. The molecule has 0 saturated carbocycles. The number of amides is 1. The fourth-order valence-corrected chi connectivity index (χ4v) is 2.26. The van der Waals surface area contributed by atoms with Crippen LogP contribution in [-0.4, -0.2) is 17.9 Å². The minimum Gasteiger partial charge on any atom is -0.456 e. The average molecular weight is 249 g/mol. The van der Waals surface area contributed by atoms with Gasteiger partial charge in [0.05, 0.1) is 0 Å². The van der Waals surface area contributed by atoms with Crippen LogP contribution in [-0.2, 0) is 13.0 Å². The molecule has 0 aliphatic rings. The molecule has 0 radical (unpaired) electrons. The van der Waals surface area contributed by atoms with Crippen molar-refractivity contribution in [2.45, 2.75) is 19.9 Å². The van der Waals surface area contributed by atoms with Crippen molar-refractivity contribution in [3.8, 4) is 0 Å². The number of carbonyl (C=O) groups excluding carboxylic acids is 1. The van der Waals surface area contributed by atoms with Gasteiger partial charge in [-0.05, 0) is 34.5 Å². The molecule has 4 heteroatoms. The van der Waals surface area contributed by atoms with E-state index in [0.717, 1.165) is 17.7 Å². The molecule has 0 spiro atoms. The average Bonchev–Trinajstić information content (AvgIpc) is 2.98. The third-order valence-electron chi connectivity index (χ3n) is 2.57. The van der Waals surface area contributed by atoms with Crippen LogP contribution in [0.15, 0.2) is 33.4 Å². The van der Waals surface area contributed by atoms with Crippen molar-refractivity contribution in [3.05, 3.63) is 46.0 Å². The molecular formula is C13H15NO2S. The minimum absolute atomic E-state index is 0.0732. The van der Waals surface area contributed by atoms with Crippen molar-refractivity contribution in [2.24, 2.45) is 0 Å². The molecule has 0 fully saturated rings. The van der Waals surface area contributed by atoms with Crippen LogP contribution in [0.3, 0.4) is 0 Å². The number of furan rings is 1. The number of hydrogen-bond acceptors (Lipinski definition) is 3. The van der Waals surface area contributed by atoms with Crippen LogP contribution in [0.4, 0.5) is 0 Å². The minimum atomic E-state index is -0.0732. The summed E-state index contributed by atoms with van der Waals surface area (Å²) in [6, 6.07) is 5.62. The molecule has 3 nitrogen and oxygen atoms in total. The zero-order valence-electron chi connectivity index (χ0n) is 9.97. The first-order valence-electron chi connectivity index (χ1n) is 5.56. The van der Waals surface area contributed by atoms with Gasteiger partial charge in [0.15, 0.2) is 5.76 Å². The van der Waals surface area contributed by atoms with Crippen LogP contribution >= 0.6 is 11.3 Å². The second-order valence-corrected chi connectivity index (χ2v) is 4.69. The fraction of sp³-hybridized carbons (Fsp3) is 0.308. The Bertz CT molecular complexity index is 487. The maximum absolute atomic E-state index is 12.0. The highest BCUT2D eigenvalue weighted by molar-refractivity contribution is 7.07. The summed E-state index contributed by atoms with van der Waals surface area (Å²) in [6.07, 6.45) is 0.807. The van der Waals surface area contributed by atoms with E-state index in [9.17, 15) is 4.79 Å². The van der Waals surface area contributed by atoms with Crippen molar-refractivity contribution in [2.75, 3.05) is 7.05 Å². The third-order valence-corrected chi connectivity index (χ3v) is 3.30. The van der Waals surface area contributed by atoms with Crippen molar-refractivity contribution in [3.63, 3.8) is 0 Å². The summed E-state index contributed by atoms with van der Waals surface area (Å²) < 4.78 is 5.45. The second kappa shape index (κ2) is 5.19. The third kappa shape index (κ3) is 2.77. The van der Waals surface area contributed by atoms with Crippen LogP contribution in [0.25, 0.3) is 0 Å². The Kier molecular flexibility index (Phi) is 3.64. The largest absolute Gasteiger partial charge is 0.456 e. The quantitative estimate of drug-likeness (QED) is 0.834. The maximum Gasteiger partial charge on any atom is 0.289 e. The summed E-state index contributed by atoms with van der Waals surface area (Å²) in [5.74, 6) is 1.19. The van der Waals surface area contributed by atoms with Crippen LogP contribution < -0.4 is 0 Å². The first-order chi connectivity index (χ1) is 8.20. The van der Waals surface area contributed by atoms with E-state index in [1.165, 1.54) is 0 Å². The highest BCUT2D eigenvalue weighted by Crippen LogP contribution is 2.13. The summed E-state index contributed by atoms with van der Waals surface area (Å²) in [5, 5.41) is 4.05. The van der Waals surface area contributed by atoms with Gasteiger partial charge in [0.1, 0.15) is 5.76 Å². The molecule has 0 atom stereocenters. The normalized spacial score (nSPS) is 10.5. The summed E-state index contributed by atoms with van der Waals surface area (Å²) in [7, 11) is 1.79. The highest BCUT2D eigenvalue weighted by atomic mass is 32.1. The van der Waals surface area contributed by atoms with Crippen LogP contribution in [0.1, 0.15) is 28.8 Å². The number of hydrogen-bond donors (Lipinski definition) is 0. The number of rotatable bonds is 4. The Morgan fingerprint density at radius 1 is 1.41 bits per heavy atom. The zero-order chi connectivity index (χ0) is 12.3. The summed E-state index contributed by atoms with van der Waals surface area (Å²) >= 11 is 1.64. The number of carbonyl (C=O) groups is 1. The molecule has 0 unspecified atom stereocenters. The zero-order valence-corrected chi connectivity index (χ0v) is 10.8. The van der Waals surface area contributed by atoms with Gasteiger partial charge in [0.25, 0.3) is 5.91 Å². The Morgan fingerprint density at radius 2 is 2.24 bits per heavy atom. The Morgan fingerprint density at radius 3 is 2.82 bits per heavy atom. The van der Waals surface area contributed by atoms with E-state index in [-0.39, 0.29) is 5.91 Å². The molecule has 2 heterocycles. The molecule has 17 heavy (non-hydrogen) atoms. The first kappa shape index (κ1) is 11.9. The van der Waals surface area contributed by atoms with Crippen molar-refractivity contribution < 1.29 is 9.21 Å². The molecule has 2 aromatic heterocycles. The maximum atomic E-state index is 12.0. The predicted octanol–water partition coefficient (Wildman–Crippen LogP) is 3.18. The van der Waals surface area contributed by atoms with E-state index in [4.69, 9.17) is 4.42 Å². The van der Waals surface area contributed by atoms with E-state index in [2.05, 4.69) is 0 Å². The molecule has 0 aliphatic heterocycles. The molecule has 90 valence electrons. The summed E-state index contributed by atoms with van der Waals surface area (Å²) in [4.78, 5) is 13.7. The van der Waals surface area contributed by atoms with Crippen molar-refractivity contribution >= 4 is 17.2 Å². The first-order valence-corrected chi connectivity index (χ1v) is 6.50. The van der Waals surface area contributed by atoms with Gasteiger partial charge in [-0.3, -0.25) is 4.79 Å². The number of aryl methyl sites for hydroxylation is 1. The fourth-order valence-electron chi connectivity index (χ4n) is 1.60. The van der Waals surface area contributed by atoms with Gasteiger partial charge in [0, 0.05) is 20.0 Å². The standard InChI is InChI=1S/C13H15NO2S/c1-3-11-4-5-12(16-11)13(15)14(2)8-10-6-7-17-9-10/h4-7,9H,3,8H2,1-2H3. The lowest BCUT2D eigenvalue weighted by Gasteiger charge is -2.14. The molecule has 2 rings (SSSR count). The predicted molar refractivity (Wildman–Crippen MR) is 68.2 cm³/mol. The SMILES string of the molecule is CCc1ccc(C(=O)N(C)Cc2ccsc2)o1. The Labute approximate surface area is 105 Å². The van der Waals surface area contributed by atoms with Crippen LogP contribution in [0.2, 0.25) is 0 Å². The molecule has 2 aromatic rings. The molecule has 0 saturated heterocycles. The molecule has 0 aromatic carbocycles. The van der Waals surface area contributed by atoms with E-state index in [0.29, 0.717) is 12.3 Å². The topological polar surface area (TPSA) is 33.5 Å². The Hall–Kier alpha value is -1.55. The van der Waals surface area contributed by atoms with E-state index >= 15 is 0 Å². The van der Waals surface area contributed by atoms with E-state index in [1.54, 1.807) is 29.4 Å². The van der Waals surface area contributed by atoms with Gasteiger partial charge < -0.3 is 9.32 Å². The number of thiophene rings is 1. The summed E-state index contributed by atoms with van der Waals surface area (Å²) in [5.41, 5.74) is 1.15. The summed E-state index contributed by atoms with van der Waals surface area (Å²) in [6.45, 7) is 2.62. The van der Waals surface area contributed by atoms with Gasteiger partial charge in [0.2, 0.25) is 0 Å². The monoisotopic (exact) mass is 249 g/mol. The lowest BCUT2D eigenvalue weighted by Crippen LogP contribution is -2.25. The molecular weight excluding hydrogens is 234 g/mol. The van der Waals surface area contributed by atoms with Crippen molar-refractivity contribution in [1.29, 1.82) is 0 Å². The van der Waals surface area contributed by atoms with Crippen LogP contribution in [0, 0.1) is 0 Å². The second-order valence-electron chi connectivity index (χ2n) is 3.91. The molecule has 0 bridgehead atoms. The molecule has 0 N–H and O–H groups in total. The van der Waals surface area contributed by atoms with E-state index in [1.807, 2.05) is 29.8 Å². The smallest absolute Gasteiger partial charge is 0.289 e. The van der Waals surface area contributed by atoms with Gasteiger partial charge >= 0.3 is 0 Å².